The van der Waals surface area contributed by atoms with Crippen LogP contribution in [0.2, 0.25) is 5.02 Å². The van der Waals surface area contributed by atoms with E-state index in [4.69, 9.17) is 11.6 Å². The average Bonchev–Trinajstić information content (AvgIpc) is 3.20. The second-order valence-electron chi connectivity index (χ2n) is 6.42. The number of nitrogens with zero attached hydrogens (tertiary/aromatic N) is 1. The summed E-state index contributed by atoms with van der Waals surface area (Å²) in [4.78, 5) is 15.6. The number of hydrogen-bond acceptors (Lipinski definition) is 3. The first kappa shape index (κ1) is 16.6. The molecule has 4 rings (SSSR count). The topological polar surface area (TPSA) is 32.3 Å². The molecule has 1 fully saturated rings. The van der Waals surface area contributed by atoms with Gasteiger partial charge in [0, 0.05) is 35.8 Å². The molecule has 1 aromatic heterocycles. The highest BCUT2D eigenvalue weighted by atomic mass is 35.5. The minimum atomic E-state index is -0.0576. The summed E-state index contributed by atoms with van der Waals surface area (Å²) in [5.74, 6) is -0.0576. The number of carbonyl (C=O) groups is 1. The molecule has 0 aliphatic carbocycles. The summed E-state index contributed by atoms with van der Waals surface area (Å²) < 4.78 is 1.05. The Labute approximate surface area is 156 Å². The van der Waals surface area contributed by atoms with E-state index in [9.17, 15) is 4.79 Å². The van der Waals surface area contributed by atoms with Gasteiger partial charge in [0.15, 0.2) is 0 Å². The number of thiophene rings is 1. The monoisotopic (exact) mass is 370 g/mol. The zero-order valence-electron chi connectivity index (χ0n) is 13.7. The number of fused-ring (bicyclic) bond motifs is 1. The second-order valence-corrected chi connectivity index (χ2v) is 7.85. The maximum absolute atomic E-state index is 12.7. The summed E-state index contributed by atoms with van der Waals surface area (Å²) in [6.45, 7) is 2.81. The molecule has 2 heterocycles. The van der Waals surface area contributed by atoms with Crippen molar-refractivity contribution in [2.45, 2.75) is 19.0 Å². The molecule has 0 bridgehead atoms. The molecule has 5 heteroatoms. The van der Waals surface area contributed by atoms with Crippen molar-refractivity contribution in [3.63, 3.8) is 0 Å². The number of hydrogen-bond donors (Lipinski definition) is 1. The third kappa shape index (κ3) is 3.56. The Morgan fingerprint density at radius 3 is 2.72 bits per heavy atom. The average molecular weight is 371 g/mol. The van der Waals surface area contributed by atoms with Crippen LogP contribution in [0.25, 0.3) is 10.1 Å². The lowest BCUT2D eigenvalue weighted by Gasteiger charge is -2.16. The standard InChI is InChI=1S/C20H19ClN2OS/c21-18-16-8-4-5-9-17(16)25-19(18)20(24)22-15-10-11-23(13-15)12-14-6-2-1-3-7-14/h1-9,15H,10-13H2,(H,22,24). The van der Waals surface area contributed by atoms with Crippen LogP contribution in [0.3, 0.4) is 0 Å². The normalized spacial score (nSPS) is 17.9. The molecule has 25 heavy (non-hydrogen) atoms. The van der Waals surface area contributed by atoms with Crippen LogP contribution in [0.1, 0.15) is 21.7 Å². The summed E-state index contributed by atoms with van der Waals surface area (Å²) in [6.07, 6.45) is 0.973. The van der Waals surface area contributed by atoms with E-state index in [2.05, 4.69) is 34.5 Å². The molecule has 1 N–H and O–H groups in total. The Bertz CT molecular complexity index is 893. The fourth-order valence-corrected chi connectivity index (χ4v) is 4.77. The summed E-state index contributed by atoms with van der Waals surface area (Å²) >= 11 is 7.87. The Hall–Kier alpha value is -1.88. The number of nitrogens with one attached hydrogen (secondary N) is 1. The number of benzene rings is 2. The fraction of sp³-hybridized carbons (Fsp3) is 0.250. The summed E-state index contributed by atoms with van der Waals surface area (Å²) in [5, 5.41) is 4.68. The van der Waals surface area contributed by atoms with Gasteiger partial charge in [-0.25, -0.2) is 0 Å². The van der Waals surface area contributed by atoms with Gasteiger partial charge in [-0.3, -0.25) is 9.69 Å². The van der Waals surface area contributed by atoms with E-state index in [0.717, 1.165) is 36.1 Å². The third-order valence-corrected chi connectivity index (χ3v) is 6.27. The van der Waals surface area contributed by atoms with Crippen molar-refractivity contribution in [3.8, 4) is 0 Å². The van der Waals surface area contributed by atoms with Crippen LogP contribution in [-0.4, -0.2) is 29.9 Å². The Morgan fingerprint density at radius 2 is 1.92 bits per heavy atom. The van der Waals surface area contributed by atoms with Crippen LogP contribution in [0.4, 0.5) is 0 Å². The smallest absolute Gasteiger partial charge is 0.263 e. The molecular weight excluding hydrogens is 352 g/mol. The first-order chi connectivity index (χ1) is 12.2. The van der Waals surface area contributed by atoms with Crippen molar-refractivity contribution >= 4 is 38.9 Å². The van der Waals surface area contributed by atoms with Crippen LogP contribution in [0, 0.1) is 0 Å². The van der Waals surface area contributed by atoms with E-state index in [0.29, 0.717) is 9.90 Å². The van der Waals surface area contributed by atoms with Gasteiger partial charge in [-0.2, -0.15) is 0 Å². The molecule has 0 saturated carbocycles. The van der Waals surface area contributed by atoms with Crippen LogP contribution in [0.5, 0.6) is 0 Å². The van der Waals surface area contributed by atoms with Crippen molar-refractivity contribution in [1.82, 2.24) is 10.2 Å². The third-order valence-electron chi connectivity index (χ3n) is 4.60. The number of halogens is 1. The first-order valence-corrected chi connectivity index (χ1v) is 9.64. The largest absolute Gasteiger partial charge is 0.347 e. The molecule has 0 radical (unpaired) electrons. The van der Waals surface area contributed by atoms with E-state index in [1.807, 2.05) is 30.3 Å². The first-order valence-electron chi connectivity index (χ1n) is 8.45. The van der Waals surface area contributed by atoms with E-state index in [1.54, 1.807) is 0 Å². The van der Waals surface area contributed by atoms with Crippen LogP contribution < -0.4 is 5.32 Å². The molecule has 3 aromatic rings. The number of carbonyl (C=O) groups excluding carboxylic acids is 1. The predicted molar refractivity (Wildman–Crippen MR) is 104 cm³/mol. The van der Waals surface area contributed by atoms with Gasteiger partial charge >= 0.3 is 0 Å². The molecule has 1 unspecified atom stereocenters. The lowest BCUT2D eigenvalue weighted by atomic mass is 10.2. The molecule has 1 atom stereocenters. The van der Waals surface area contributed by atoms with Gasteiger partial charge in [-0.15, -0.1) is 11.3 Å². The zero-order valence-corrected chi connectivity index (χ0v) is 15.3. The zero-order chi connectivity index (χ0) is 17.2. The van der Waals surface area contributed by atoms with E-state index < -0.39 is 0 Å². The molecular formula is C20H19ClN2OS. The lowest BCUT2D eigenvalue weighted by molar-refractivity contribution is 0.0942. The highest BCUT2D eigenvalue weighted by molar-refractivity contribution is 7.21. The number of rotatable bonds is 4. The van der Waals surface area contributed by atoms with E-state index in [-0.39, 0.29) is 11.9 Å². The van der Waals surface area contributed by atoms with Gasteiger partial charge < -0.3 is 5.32 Å². The van der Waals surface area contributed by atoms with E-state index >= 15 is 0 Å². The second kappa shape index (κ2) is 7.16. The minimum absolute atomic E-state index is 0.0576. The fourth-order valence-electron chi connectivity index (χ4n) is 3.35. The van der Waals surface area contributed by atoms with Crippen molar-refractivity contribution < 1.29 is 4.79 Å². The predicted octanol–water partition coefficient (Wildman–Crippen LogP) is 4.56. The van der Waals surface area contributed by atoms with Gasteiger partial charge in [0.05, 0.1) is 5.02 Å². The van der Waals surface area contributed by atoms with Crippen molar-refractivity contribution in [2.24, 2.45) is 0 Å². The maximum atomic E-state index is 12.7. The van der Waals surface area contributed by atoms with Gasteiger partial charge in [-0.05, 0) is 18.1 Å². The summed E-state index contributed by atoms with van der Waals surface area (Å²) in [5.41, 5.74) is 1.31. The highest BCUT2D eigenvalue weighted by Gasteiger charge is 2.26. The molecule has 128 valence electrons. The van der Waals surface area contributed by atoms with Crippen LogP contribution in [0.15, 0.2) is 54.6 Å². The van der Waals surface area contributed by atoms with Crippen molar-refractivity contribution in [2.75, 3.05) is 13.1 Å². The van der Waals surface area contributed by atoms with Crippen LogP contribution in [-0.2, 0) is 6.54 Å². The van der Waals surface area contributed by atoms with E-state index in [1.165, 1.54) is 16.9 Å². The molecule has 1 aliphatic heterocycles. The molecule has 1 amide bonds. The highest BCUT2D eigenvalue weighted by Crippen LogP contribution is 2.35. The van der Waals surface area contributed by atoms with Gasteiger partial charge in [0.25, 0.3) is 5.91 Å². The Kier molecular flexibility index (Phi) is 4.75. The van der Waals surface area contributed by atoms with Crippen molar-refractivity contribution in [3.05, 3.63) is 70.1 Å². The maximum Gasteiger partial charge on any atom is 0.263 e. The van der Waals surface area contributed by atoms with Crippen LogP contribution >= 0.6 is 22.9 Å². The molecule has 2 aromatic carbocycles. The molecule has 3 nitrogen and oxygen atoms in total. The van der Waals surface area contributed by atoms with Crippen molar-refractivity contribution in [1.29, 1.82) is 0 Å². The summed E-state index contributed by atoms with van der Waals surface area (Å²) in [6, 6.07) is 18.5. The van der Waals surface area contributed by atoms with Gasteiger partial charge in [-0.1, -0.05) is 60.1 Å². The Morgan fingerprint density at radius 1 is 1.16 bits per heavy atom. The number of likely N-dealkylation sites (tertiary alicyclic amines) is 1. The number of amides is 1. The molecule has 1 aliphatic rings. The van der Waals surface area contributed by atoms with Gasteiger partial charge in [0.2, 0.25) is 0 Å². The quantitative estimate of drug-likeness (QED) is 0.730. The molecule has 1 saturated heterocycles. The SMILES string of the molecule is O=C(NC1CCN(Cc2ccccc2)C1)c1sc2ccccc2c1Cl. The molecule has 0 spiro atoms. The van der Waals surface area contributed by atoms with Gasteiger partial charge in [0.1, 0.15) is 4.88 Å². The lowest BCUT2D eigenvalue weighted by Crippen LogP contribution is -2.36. The minimum Gasteiger partial charge on any atom is -0.347 e. The summed E-state index contributed by atoms with van der Waals surface area (Å²) in [7, 11) is 0. The Balaban J connectivity index is 1.40.